The van der Waals surface area contributed by atoms with Gasteiger partial charge in [0.15, 0.2) is 0 Å². The first kappa shape index (κ1) is 26.7. The fraction of sp³-hybridized carbons (Fsp3) is 0.467. The highest BCUT2D eigenvalue weighted by Gasteiger charge is 2.34. The Hall–Kier alpha value is -3.32. The smallest absolute Gasteiger partial charge is 0.419 e. The van der Waals surface area contributed by atoms with Crippen LogP contribution >= 0.6 is 0 Å². The SMILES string of the molecule is COC(=O)c1ccc(C2C[C@H](OC)CC[C@H]2Oc2c(C)cc(C)c3c2ccn3C(=O)OC(C)(C)C)cc1. The van der Waals surface area contributed by atoms with Crippen LogP contribution in [0.1, 0.15) is 73.0 Å². The van der Waals surface area contributed by atoms with Gasteiger partial charge in [-0.1, -0.05) is 18.2 Å². The third kappa shape index (κ3) is 5.67. The van der Waals surface area contributed by atoms with E-state index in [1.807, 2.05) is 52.8 Å². The van der Waals surface area contributed by atoms with Crippen LogP contribution in [0, 0.1) is 13.8 Å². The summed E-state index contributed by atoms with van der Waals surface area (Å²) in [5, 5.41) is 0.886. The molecule has 3 aromatic rings. The Balaban J connectivity index is 1.69. The first-order valence-electron chi connectivity index (χ1n) is 12.7. The zero-order valence-corrected chi connectivity index (χ0v) is 22.8. The van der Waals surface area contributed by atoms with E-state index in [0.29, 0.717) is 5.56 Å². The number of benzene rings is 2. The molecule has 4 rings (SSSR count). The van der Waals surface area contributed by atoms with E-state index in [4.69, 9.17) is 18.9 Å². The Kier molecular flexibility index (Phi) is 7.64. The zero-order chi connectivity index (χ0) is 26.9. The van der Waals surface area contributed by atoms with Crippen molar-refractivity contribution in [2.24, 2.45) is 0 Å². The maximum Gasteiger partial charge on any atom is 0.419 e. The highest BCUT2D eigenvalue weighted by Crippen LogP contribution is 2.41. The Bertz CT molecular complexity index is 1280. The molecule has 0 radical (unpaired) electrons. The normalized spacial score (nSPS) is 20.0. The van der Waals surface area contributed by atoms with Crippen LogP contribution in [0.2, 0.25) is 0 Å². The van der Waals surface area contributed by atoms with Gasteiger partial charge in [-0.3, -0.25) is 4.57 Å². The molecule has 7 nitrogen and oxygen atoms in total. The molecule has 0 aliphatic heterocycles. The first-order valence-corrected chi connectivity index (χ1v) is 12.7. The number of rotatable bonds is 5. The summed E-state index contributed by atoms with van der Waals surface area (Å²) in [7, 11) is 3.13. The van der Waals surface area contributed by atoms with Crippen molar-refractivity contribution in [1.82, 2.24) is 4.57 Å². The summed E-state index contributed by atoms with van der Waals surface area (Å²) in [6.45, 7) is 9.60. The van der Waals surface area contributed by atoms with Crippen LogP contribution in [0.25, 0.3) is 10.9 Å². The van der Waals surface area contributed by atoms with Crippen molar-refractivity contribution in [3.8, 4) is 5.75 Å². The van der Waals surface area contributed by atoms with Gasteiger partial charge in [0.2, 0.25) is 0 Å². The van der Waals surface area contributed by atoms with Crippen LogP contribution < -0.4 is 4.74 Å². The molecule has 0 bridgehead atoms. The quantitative estimate of drug-likeness (QED) is 0.364. The number of aromatic nitrogens is 1. The molecule has 1 saturated carbocycles. The number of ether oxygens (including phenoxy) is 4. The summed E-state index contributed by atoms with van der Waals surface area (Å²) in [4.78, 5) is 24.8. The predicted octanol–water partition coefficient (Wildman–Crippen LogP) is 6.56. The Morgan fingerprint density at radius 2 is 1.68 bits per heavy atom. The molecule has 1 fully saturated rings. The molecule has 37 heavy (non-hydrogen) atoms. The molecule has 7 heteroatoms. The second-order valence-electron chi connectivity index (χ2n) is 10.8. The summed E-state index contributed by atoms with van der Waals surface area (Å²) in [5.74, 6) is 0.499. The van der Waals surface area contributed by atoms with E-state index in [1.54, 1.807) is 30.0 Å². The molecule has 0 spiro atoms. The minimum Gasteiger partial charge on any atom is -0.489 e. The van der Waals surface area contributed by atoms with Crippen LogP contribution in [-0.2, 0) is 14.2 Å². The van der Waals surface area contributed by atoms with E-state index in [9.17, 15) is 9.59 Å². The van der Waals surface area contributed by atoms with Crippen LogP contribution in [-0.4, -0.2) is 48.7 Å². The largest absolute Gasteiger partial charge is 0.489 e. The van der Waals surface area contributed by atoms with Gasteiger partial charge in [0.25, 0.3) is 0 Å². The average molecular weight is 508 g/mol. The minimum atomic E-state index is -0.595. The van der Waals surface area contributed by atoms with Crippen molar-refractivity contribution in [2.45, 2.75) is 77.6 Å². The van der Waals surface area contributed by atoms with Crippen molar-refractivity contribution >= 4 is 23.0 Å². The molecule has 198 valence electrons. The Morgan fingerprint density at radius 3 is 2.30 bits per heavy atom. The number of hydrogen-bond donors (Lipinski definition) is 0. The Labute approximate surface area is 218 Å². The summed E-state index contributed by atoms with van der Waals surface area (Å²) in [6, 6.07) is 11.5. The predicted molar refractivity (Wildman–Crippen MR) is 143 cm³/mol. The van der Waals surface area contributed by atoms with Gasteiger partial charge in [-0.05, 0) is 88.8 Å². The van der Waals surface area contributed by atoms with Crippen molar-refractivity contribution in [2.75, 3.05) is 14.2 Å². The lowest BCUT2D eigenvalue weighted by molar-refractivity contribution is 0.0193. The molecule has 1 aliphatic carbocycles. The van der Waals surface area contributed by atoms with Crippen molar-refractivity contribution in [3.05, 3.63) is 64.8 Å². The maximum atomic E-state index is 12.9. The van der Waals surface area contributed by atoms with Crippen molar-refractivity contribution in [1.29, 1.82) is 0 Å². The number of hydrogen-bond acceptors (Lipinski definition) is 6. The number of aryl methyl sites for hydroxylation is 2. The molecule has 1 unspecified atom stereocenters. The minimum absolute atomic E-state index is 0.0779. The lowest BCUT2D eigenvalue weighted by Gasteiger charge is -2.36. The third-order valence-corrected chi connectivity index (χ3v) is 6.99. The first-order chi connectivity index (χ1) is 17.5. The van der Waals surface area contributed by atoms with E-state index < -0.39 is 11.7 Å². The molecular formula is C30H37NO6. The second-order valence-corrected chi connectivity index (χ2v) is 10.8. The summed E-state index contributed by atoms with van der Waals surface area (Å²) >= 11 is 0. The van der Waals surface area contributed by atoms with E-state index in [1.165, 1.54) is 7.11 Å². The molecule has 0 N–H and O–H groups in total. The van der Waals surface area contributed by atoms with Gasteiger partial charge < -0.3 is 18.9 Å². The summed E-state index contributed by atoms with van der Waals surface area (Å²) in [6.07, 6.45) is 3.91. The fourth-order valence-electron chi connectivity index (χ4n) is 5.25. The summed E-state index contributed by atoms with van der Waals surface area (Å²) < 4.78 is 24.6. The molecule has 0 amide bonds. The van der Waals surface area contributed by atoms with Gasteiger partial charge in [-0.15, -0.1) is 0 Å². The number of carbonyl (C=O) groups excluding carboxylic acids is 2. The lowest BCUT2D eigenvalue weighted by Crippen LogP contribution is -2.35. The molecule has 1 aromatic heterocycles. The van der Waals surface area contributed by atoms with E-state index in [2.05, 4.69) is 6.07 Å². The molecule has 1 heterocycles. The van der Waals surface area contributed by atoms with Gasteiger partial charge in [-0.25, -0.2) is 9.59 Å². The number of fused-ring (bicyclic) bond motifs is 1. The number of carbonyl (C=O) groups is 2. The fourth-order valence-corrected chi connectivity index (χ4v) is 5.25. The topological polar surface area (TPSA) is 76.0 Å². The molecular weight excluding hydrogens is 470 g/mol. The average Bonchev–Trinajstić information content (AvgIpc) is 3.31. The number of nitrogens with zero attached hydrogens (tertiary/aromatic N) is 1. The van der Waals surface area contributed by atoms with Crippen LogP contribution in [0.3, 0.4) is 0 Å². The van der Waals surface area contributed by atoms with Gasteiger partial charge >= 0.3 is 12.1 Å². The van der Waals surface area contributed by atoms with Crippen molar-refractivity contribution in [3.63, 3.8) is 0 Å². The van der Waals surface area contributed by atoms with Crippen molar-refractivity contribution < 1.29 is 28.5 Å². The van der Waals surface area contributed by atoms with Gasteiger partial charge in [0.05, 0.1) is 24.3 Å². The number of methoxy groups -OCH3 is 2. The monoisotopic (exact) mass is 507 g/mol. The number of esters is 1. The standard InChI is InChI=1S/C30H37NO6/c1-18-16-19(2)27(23-14-15-31(26(18)23)29(33)37-30(3,4)5)36-25-13-12-22(34-6)17-24(25)20-8-10-21(11-9-20)28(32)35-7/h8-11,14-16,22,24-25H,12-13,17H2,1-7H3/t22-,24?,25-/m1/s1. The lowest BCUT2D eigenvalue weighted by atomic mass is 9.79. The van der Waals surface area contributed by atoms with Gasteiger partial charge in [-0.2, -0.15) is 0 Å². The third-order valence-electron chi connectivity index (χ3n) is 6.99. The summed E-state index contributed by atoms with van der Waals surface area (Å²) in [5.41, 5.74) is 3.80. The maximum absolute atomic E-state index is 12.9. The highest BCUT2D eigenvalue weighted by atomic mass is 16.6. The molecule has 2 aromatic carbocycles. The zero-order valence-electron chi connectivity index (χ0n) is 22.8. The molecule has 0 saturated heterocycles. The van der Waals surface area contributed by atoms with Gasteiger partial charge in [0, 0.05) is 24.6 Å². The van der Waals surface area contributed by atoms with Crippen LogP contribution in [0.15, 0.2) is 42.6 Å². The van der Waals surface area contributed by atoms with Crippen LogP contribution in [0.4, 0.5) is 4.79 Å². The molecule has 1 aliphatic rings. The Morgan fingerprint density at radius 1 is 0.973 bits per heavy atom. The van der Waals surface area contributed by atoms with E-state index >= 15 is 0 Å². The van der Waals surface area contributed by atoms with E-state index in [0.717, 1.165) is 52.6 Å². The van der Waals surface area contributed by atoms with Crippen LogP contribution in [0.5, 0.6) is 5.75 Å². The second kappa shape index (κ2) is 10.6. The van der Waals surface area contributed by atoms with Gasteiger partial charge in [0.1, 0.15) is 17.5 Å². The molecule has 3 atom stereocenters. The highest BCUT2D eigenvalue weighted by molar-refractivity contribution is 5.96. The van der Waals surface area contributed by atoms with E-state index in [-0.39, 0.29) is 24.1 Å².